The van der Waals surface area contributed by atoms with Crippen LogP contribution < -0.4 is 10.6 Å². The average molecular weight is 120 g/mol. The number of H-pyrrole nitrogens is 1. The van der Waals surface area contributed by atoms with Crippen LogP contribution in [0.2, 0.25) is 0 Å². The Bertz CT molecular complexity index is 295. The second kappa shape index (κ2) is 2.31. The van der Waals surface area contributed by atoms with Crippen LogP contribution in [0.3, 0.4) is 0 Å². The molecule has 0 aromatic carbocycles. The van der Waals surface area contributed by atoms with Gasteiger partial charge in [-0.1, -0.05) is 19.2 Å². The molecule has 0 aliphatic rings. The summed E-state index contributed by atoms with van der Waals surface area (Å²) in [5.74, 6) is 0. The Balaban J connectivity index is 3.39. The molecule has 0 spiro atoms. The summed E-state index contributed by atoms with van der Waals surface area (Å²) < 4.78 is 0. The van der Waals surface area contributed by atoms with Gasteiger partial charge in [0.15, 0.2) is 0 Å². The highest BCUT2D eigenvalue weighted by Gasteiger charge is 1.77. The molecule has 1 aromatic rings. The number of nitrogens with zero attached hydrogens (tertiary/aromatic N) is 1. The topological polar surface area (TPSA) is 28.7 Å². The number of hydrogen-bond acceptors (Lipinski definition) is 1. The Kier molecular flexibility index (Phi) is 1.49. The van der Waals surface area contributed by atoms with E-state index in [4.69, 9.17) is 0 Å². The zero-order valence-electron chi connectivity index (χ0n) is 5.09. The monoisotopic (exact) mass is 120 g/mol. The average Bonchev–Trinajstić information content (AvgIpc) is 2.18. The lowest BCUT2D eigenvalue weighted by Crippen LogP contribution is -2.19. The molecule has 0 aliphatic heterocycles. The van der Waals surface area contributed by atoms with Gasteiger partial charge >= 0.3 is 0 Å². The van der Waals surface area contributed by atoms with Gasteiger partial charge in [0, 0.05) is 5.22 Å². The third kappa shape index (κ3) is 1.08. The number of aromatic amines is 1. The Morgan fingerprint density at radius 3 is 2.89 bits per heavy atom. The van der Waals surface area contributed by atoms with Crippen molar-refractivity contribution in [3.05, 3.63) is 29.4 Å². The van der Waals surface area contributed by atoms with Crippen molar-refractivity contribution in [1.29, 1.82) is 0 Å². The van der Waals surface area contributed by atoms with Gasteiger partial charge < -0.3 is 0 Å². The maximum Gasteiger partial charge on any atom is 0.0644 e. The lowest BCUT2D eigenvalue weighted by atomic mass is 10.4. The summed E-state index contributed by atoms with van der Waals surface area (Å²) in [6.07, 6.45) is 5.20. The van der Waals surface area contributed by atoms with Gasteiger partial charge in [-0.05, 0) is 6.08 Å². The summed E-state index contributed by atoms with van der Waals surface area (Å²) in [6.45, 7) is 7.27. The predicted molar refractivity (Wildman–Crippen MR) is 38.0 cm³/mol. The Labute approximate surface area is 53.2 Å². The summed E-state index contributed by atoms with van der Waals surface area (Å²) in [5.41, 5.74) is 0. The molecule has 0 atom stereocenters. The third-order valence-electron chi connectivity index (χ3n) is 1.04. The van der Waals surface area contributed by atoms with Crippen LogP contribution in [0.15, 0.2) is 18.9 Å². The fourth-order valence-corrected chi connectivity index (χ4v) is 0.583. The summed E-state index contributed by atoms with van der Waals surface area (Å²) >= 11 is 0. The molecule has 0 radical (unpaired) electrons. The zero-order chi connectivity index (χ0) is 6.69. The van der Waals surface area contributed by atoms with Crippen molar-refractivity contribution < 1.29 is 0 Å². The van der Waals surface area contributed by atoms with Gasteiger partial charge in [-0.3, -0.25) is 5.10 Å². The van der Waals surface area contributed by atoms with E-state index in [2.05, 4.69) is 23.4 Å². The van der Waals surface area contributed by atoms with Gasteiger partial charge in [-0.2, -0.15) is 5.10 Å². The molecule has 2 nitrogen and oxygen atoms in total. The van der Waals surface area contributed by atoms with Crippen molar-refractivity contribution in [2.24, 2.45) is 0 Å². The fourth-order valence-electron chi connectivity index (χ4n) is 0.583. The second-order valence-electron chi connectivity index (χ2n) is 1.71. The normalized spacial score (nSPS) is 11.8. The van der Waals surface area contributed by atoms with Crippen LogP contribution in [-0.2, 0) is 0 Å². The molecule has 1 aromatic heterocycles. The minimum absolute atomic E-state index is 0.898. The Hall–Kier alpha value is -1.31. The molecule has 0 amide bonds. The predicted octanol–water partition coefficient (Wildman–Crippen LogP) is -0.214. The quantitative estimate of drug-likeness (QED) is 0.545. The maximum absolute atomic E-state index is 3.77. The highest BCUT2D eigenvalue weighted by molar-refractivity contribution is 5.32. The Morgan fingerprint density at radius 1 is 1.67 bits per heavy atom. The van der Waals surface area contributed by atoms with Crippen LogP contribution in [0.1, 0.15) is 0 Å². The van der Waals surface area contributed by atoms with Gasteiger partial charge in [-0.15, -0.1) is 0 Å². The maximum atomic E-state index is 3.77. The first kappa shape index (κ1) is 5.82. The smallest absolute Gasteiger partial charge is 0.0644 e. The van der Waals surface area contributed by atoms with Gasteiger partial charge in [0.2, 0.25) is 0 Å². The van der Waals surface area contributed by atoms with E-state index in [0.717, 1.165) is 10.6 Å². The van der Waals surface area contributed by atoms with Gasteiger partial charge in [0.05, 0.1) is 11.5 Å². The molecule has 0 unspecified atom stereocenters. The second-order valence-corrected chi connectivity index (χ2v) is 1.71. The van der Waals surface area contributed by atoms with Gasteiger partial charge in [0.1, 0.15) is 0 Å². The largest absolute Gasteiger partial charge is 0.278 e. The molecular weight excluding hydrogens is 112 g/mol. The molecule has 0 saturated carbocycles. The van der Waals surface area contributed by atoms with Crippen molar-refractivity contribution in [3.63, 3.8) is 0 Å². The molecule has 1 N–H and O–H groups in total. The number of nitrogens with one attached hydrogen (secondary N) is 1. The van der Waals surface area contributed by atoms with Crippen LogP contribution in [-0.4, -0.2) is 10.2 Å². The Morgan fingerprint density at radius 2 is 2.44 bits per heavy atom. The fraction of sp³-hybridized carbons (Fsp3) is 0. The molecule has 9 heavy (non-hydrogen) atoms. The molecular formula is C7H8N2. The van der Waals surface area contributed by atoms with Crippen molar-refractivity contribution in [3.8, 4) is 0 Å². The minimum Gasteiger partial charge on any atom is -0.278 e. The zero-order valence-corrected chi connectivity index (χ0v) is 5.09. The van der Waals surface area contributed by atoms with E-state index in [1.807, 2.05) is 6.08 Å². The van der Waals surface area contributed by atoms with Crippen LogP contribution in [0.4, 0.5) is 0 Å². The molecule has 1 rings (SSSR count). The van der Waals surface area contributed by atoms with Gasteiger partial charge in [0.25, 0.3) is 0 Å². The van der Waals surface area contributed by atoms with Crippen molar-refractivity contribution >= 4 is 12.7 Å². The summed E-state index contributed by atoms with van der Waals surface area (Å²) in [5, 5.41) is 8.36. The number of rotatable bonds is 1. The number of aromatic nitrogens is 2. The van der Waals surface area contributed by atoms with E-state index in [1.165, 1.54) is 0 Å². The molecule has 46 valence electrons. The molecule has 1 heterocycles. The van der Waals surface area contributed by atoms with E-state index in [-0.39, 0.29) is 0 Å². The number of hydrogen-bond donors (Lipinski definition) is 1. The lowest BCUT2D eigenvalue weighted by Gasteiger charge is -1.69. The molecule has 0 saturated heterocycles. The molecule has 0 bridgehead atoms. The first-order chi connectivity index (χ1) is 4.34. The molecule has 0 aliphatic carbocycles. The van der Waals surface area contributed by atoms with Crippen LogP contribution in [0.5, 0.6) is 0 Å². The highest BCUT2D eigenvalue weighted by atomic mass is 15.1. The number of allylic oxidation sites excluding steroid dienone is 1. The van der Waals surface area contributed by atoms with Crippen LogP contribution in [0, 0.1) is 0 Å². The SMILES string of the molecule is C=C/C=c1/[nH]ncc1=C. The van der Waals surface area contributed by atoms with E-state index in [9.17, 15) is 0 Å². The van der Waals surface area contributed by atoms with E-state index in [0.29, 0.717) is 0 Å². The summed E-state index contributed by atoms with van der Waals surface area (Å²) in [6, 6.07) is 0. The first-order valence-electron chi connectivity index (χ1n) is 2.65. The van der Waals surface area contributed by atoms with Crippen molar-refractivity contribution in [2.45, 2.75) is 0 Å². The van der Waals surface area contributed by atoms with Crippen LogP contribution >= 0.6 is 0 Å². The van der Waals surface area contributed by atoms with E-state index < -0.39 is 0 Å². The molecule has 2 heteroatoms. The van der Waals surface area contributed by atoms with Crippen molar-refractivity contribution in [1.82, 2.24) is 10.2 Å². The summed E-state index contributed by atoms with van der Waals surface area (Å²) in [7, 11) is 0. The van der Waals surface area contributed by atoms with Gasteiger partial charge in [-0.25, -0.2) is 0 Å². The van der Waals surface area contributed by atoms with Crippen LogP contribution in [0.25, 0.3) is 12.7 Å². The van der Waals surface area contributed by atoms with E-state index >= 15 is 0 Å². The van der Waals surface area contributed by atoms with E-state index in [1.54, 1.807) is 12.3 Å². The van der Waals surface area contributed by atoms with Crippen molar-refractivity contribution in [2.75, 3.05) is 0 Å². The lowest BCUT2D eigenvalue weighted by molar-refractivity contribution is 1.06. The summed E-state index contributed by atoms with van der Waals surface area (Å²) in [4.78, 5) is 0. The highest BCUT2D eigenvalue weighted by Crippen LogP contribution is 1.59. The first-order valence-corrected chi connectivity index (χ1v) is 2.65. The standard InChI is InChI=1S/C7H8N2/c1-3-4-7-6(2)5-8-9-7/h3-5,9H,1-2H2/b7-4+. The minimum atomic E-state index is 0.898. The third-order valence-corrected chi connectivity index (χ3v) is 1.04. The molecule has 0 fully saturated rings.